The Balaban J connectivity index is 2.23. The van der Waals surface area contributed by atoms with Gasteiger partial charge in [0.2, 0.25) is 5.43 Å². The Morgan fingerprint density at radius 3 is 2.55 bits per heavy atom. The lowest BCUT2D eigenvalue weighted by Gasteiger charge is -2.07. The van der Waals surface area contributed by atoms with Crippen LogP contribution in [0.4, 0.5) is 0 Å². The van der Waals surface area contributed by atoms with E-state index >= 15 is 0 Å². The quantitative estimate of drug-likeness (QED) is 0.385. The smallest absolute Gasteiger partial charge is 0.200 e. The standard InChI is InChI=1S/C19H14O3/c1-11-3-4-12-5-7-14-18(20)16-10-13(21-2)6-8-17(16)22-19(14)15(12)9-11/h3-10H,1-2H3. The number of ether oxygens (including phenoxy) is 1. The van der Waals surface area contributed by atoms with Crippen molar-refractivity contribution >= 4 is 32.7 Å². The lowest BCUT2D eigenvalue weighted by atomic mass is 10.0. The zero-order chi connectivity index (χ0) is 15.3. The summed E-state index contributed by atoms with van der Waals surface area (Å²) in [6.07, 6.45) is 0. The van der Waals surface area contributed by atoms with Crippen molar-refractivity contribution in [2.24, 2.45) is 0 Å². The Morgan fingerprint density at radius 2 is 1.73 bits per heavy atom. The lowest BCUT2D eigenvalue weighted by Crippen LogP contribution is -2.02. The minimum Gasteiger partial charge on any atom is -0.497 e. The maximum absolute atomic E-state index is 12.8. The van der Waals surface area contributed by atoms with E-state index in [0.717, 1.165) is 16.3 Å². The van der Waals surface area contributed by atoms with Crippen LogP contribution in [0, 0.1) is 6.92 Å². The van der Waals surface area contributed by atoms with Gasteiger partial charge in [-0.1, -0.05) is 23.8 Å². The minimum absolute atomic E-state index is 0.0291. The Bertz CT molecular complexity index is 1090. The lowest BCUT2D eigenvalue weighted by molar-refractivity contribution is 0.415. The summed E-state index contributed by atoms with van der Waals surface area (Å²) in [6.45, 7) is 2.03. The van der Waals surface area contributed by atoms with E-state index in [9.17, 15) is 4.79 Å². The fraction of sp³-hybridized carbons (Fsp3) is 0.105. The van der Waals surface area contributed by atoms with Gasteiger partial charge in [-0.05, 0) is 42.6 Å². The summed E-state index contributed by atoms with van der Waals surface area (Å²) in [6, 6.07) is 15.2. The largest absolute Gasteiger partial charge is 0.497 e. The highest BCUT2D eigenvalue weighted by Gasteiger charge is 2.11. The van der Waals surface area contributed by atoms with Crippen molar-refractivity contribution in [3.8, 4) is 5.75 Å². The van der Waals surface area contributed by atoms with E-state index in [1.807, 2.05) is 25.1 Å². The summed E-state index contributed by atoms with van der Waals surface area (Å²) in [4.78, 5) is 12.8. The van der Waals surface area contributed by atoms with Gasteiger partial charge in [-0.3, -0.25) is 4.79 Å². The fourth-order valence-electron chi connectivity index (χ4n) is 2.85. The van der Waals surface area contributed by atoms with Crippen LogP contribution >= 0.6 is 0 Å². The maximum Gasteiger partial charge on any atom is 0.200 e. The monoisotopic (exact) mass is 290 g/mol. The van der Waals surface area contributed by atoms with Crippen molar-refractivity contribution in [2.75, 3.05) is 7.11 Å². The molecule has 3 heteroatoms. The molecule has 0 atom stereocenters. The van der Waals surface area contributed by atoms with Crippen molar-refractivity contribution in [3.63, 3.8) is 0 Å². The summed E-state index contributed by atoms with van der Waals surface area (Å²) >= 11 is 0. The maximum atomic E-state index is 12.8. The van der Waals surface area contributed by atoms with E-state index < -0.39 is 0 Å². The first kappa shape index (κ1) is 12.9. The van der Waals surface area contributed by atoms with E-state index in [1.165, 1.54) is 0 Å². The number of hydrogen-bond donors (Lipinski definition) is 0. The summed E-state index contributed by atoms with van der Waals surface area (Å²) in [5.41, 5.74) is 2.33. The van der Waals surface area contributed by atoms with Gasteiger partial charge >= 0.3 is 0 Å². The van der Waals surface area contributed by atoms with Crippen molar-refractivity contribution in [2.45, 2.75) is 6.92 Å². The van der Waals surface area contributed by atoms with E-state index in [0.29, 0.717) is 27.7 Å². The van der Waals surface area contributed by atoms with E-state index in [-0.39, 0.29) is 5.43 Å². The molecule has 0 spiro atoms. The van der Waals surface area contributed by atoms with Crippen molar-refractivity contribution in [3.05, 3.63) is 64.3 Å². The Kier molecular flexibility index (Phi) is 2.70. The second kappa shape index (κ2) is 4.60. The minimum atomic E-state index is -0.0291. The van der Waals surface area contributed by atoms with Gasteiger partial charge in [0.25, 0.3) is 0 Å². The van der Waals surface area contributed by atoms with Gasteiger partial charge < -0.3 is 9.15 Å². The number of benzene rings is 3. The van der Waals surface area contributed by atoms with Crippen molar-refractivity contribution in [1.29, 1.82) is 0 Å². The third-order valence-electron chi connectivity index (χ3n) is 4.02. The summed E-state index contributed by atoms with van der Waals surface area (Å²) in [7, 11) is 1.58. The van der Waals surface area contributed by atoms with Gasteiger partial charge in [0, 0.05) is 5.39 Å². The molecule has 3 nitrogen and oxygen atoms in total. The van der Waals surface area contributed by atoms with Gasteiger partial charge in [0.15, 0.2) is 0 Å². The molecule has 0 saturated carbocycles. The van der Waals surface area contributed by atoms with Crippen LogP contribution in [0.1, 0.15) is 5.56 Å². The van der Waals surface area contributed by atoms with Gasteiger partial charge in [0.1, 0.15) is 16.9 Å². The second-order valence-electron chi connectivity index (χ2n) is 5.46. The predicted octanol–water partition coefficient (Wildman–Crippen LogP) is 4.42. The molecule has 1 aromatic heterocycles. The predicted molar refractivity (Wildman–Crippen MR) is 88.8 cm³/mol. The Hall–Kier alpha value is -2.81. The molecule has 0 fully saturated rings. The molecule has 0 bridgehead atoms. The van der Waals surface area contributed by atoms with Crippen LogP contribution in [0.5, 0.6) is 5.75 Å². The third-order valence-corrected chi connectivity index (χ3v) is 4.02. The topological polar surface area (TPSA) is 39.4 Å². The molecule has 0 aliphatic rings. The van der Waals surface area contributed by atoms with E-state index in [4.69, 9.17) is 9.15 Å². The average Bonchev–Trinajstić information content (AvgIpc) is 2.55. The number of hydrogen-bond acceptors (Lipinski definition) is 3. The molecular formula is C19H14O3. The normalized spacial score (nSPS) is 11.4. The molecule has 1 heterocycles. The summed E-state index contributed by atoms with van der Waals surface area (Å²) in [5.74, 6) is 0.649. The van der Waals surface area contributed by atoms with Crippen LogP contribution in [0.15, 0.2) is 57.7 Å². The van der Waals surface area contributed by atoms with Gasteiger partial charge in [-0.25, -0.2) is 0 Å². The first-order valence-corrected chi connectivity index (χ1v) is 7.11. The van der Waals surface area contributed by atoms with Gasteiger partial charge in [-0.15, -0.1) is 0 Å². The van der Waals surface area contributed by atoms with Crippen LogP contribution in [-0.2, 0) is 0 Å². The summed E-state index contributed by atoms with van der Waals surface area (Å²) < 4.78 is 11.2. The van der Waals surface area contributed by atoms with Crippen LogP contribution in [0.25, 0.3) is 32.7 Å². The molecule has 0 N–H and O–H groups in total. The molecule has 4 rings (SSSR count). The number of fused-ring (bicyclic) bond motifs is 4. The molecule has 4 aromatic rings. The van der Waals surface area contributed by atoms with Crippen LogP contribution in [0.2, 0.25) is 0 Å². The Morgan fingerprint density at radius 1 is 0.909 bits per heavy atom. The van der Waals surface area contributed by atoms with Crippen LogP contribution in [-0.4, -0.2) is 7.11 Å². The SMILES string of the molecule is COc1ccc2oc3c(ccc4ccc(C)cc43)c(=O)c2c1. The molecule has 3 aromatic carbocycles. The number of aryl methyl sites for hydroxylation is 1. The number of rotatable bonds is 1. The van der Waals surface area contributed by atoms with Crippen molar-refractivity contribution in [1.82, 2.24) is 0 Å². The number of methoxy groups -OCH3 is 1. The summed E-state index contributed by atoms with van der Waals surface area (Å²) in [5, 5.41) is 3.17. The zero-order valence-electron chi connectivity index (χ0n) is 12.3. The van der Waals surface area contributed by atoms with Crippen LogP contribution in [0.3, 0.4) is 0 Å². The highest BCUT2D eigenvalue weighted by atomic mass is 16.5. The van der Waals surface area contributed by atoms with Gasteiger partial charge in [0.05, 0.1) is 17.9 Å². The molecule has 0 aliphatic heterocycles. The zero-order valence-corrected chi connectivity index (χ0v) is 12.3. The molecule has 22 heavy (non-hydrogen) atoms. The molecule has 0 amide bonds. The van der Waals surface area contributed by atoms with Crippen LogP contribution < -0.4 is 10.2 Å². The fourth-order valence-corrected chi connectivity index (χ4v) is 2.85. The highest BCUT2D eigenvalue weighted by Crippen LogP contribution is 2.28. The first-order valence-electron chi connectivity index (χ1n) is 7.11. The molecular weight excluding hydrogens is 276 g/mol. The molecule has 0 aliphatic carbocycles. The molecule has 0 radical (unpaired) electrons. The van der Waals surface area contributed by atoms with Gasteiger partial charge in [-0.2, -0.15) is 0 Å². The molecule has 0 unspecified atom stereocenters. The second-order valence-corrected chi connectivity index (χ2v) is 5.46. The van der Waals surface area contributed by atoms with E-state index in [2.05, 4.69) is 12.1 Å². The third kappa shape index (κ3) is 1.79. The van der Waals surface area contributed by atoms with Crippen molar-refractivity contribution < 1.29 is 9.15 Å². The first-order chi connectivity index (χ1) is 10.7. The van der Waals surface area contributed by atoms with E-state index in [1.54, 1.807) is 25.3 Å². The highest BCUT2D eigenvalue weighted by molar-refractivity contribution is 6.06. The Labute approximate surface area is 126 Å². The average molecular weight is 290 g/mol. The molecule has 108 valence electrons. The molecule has 0 saturated heterocycles.